The molecular weight excluding hydrogens is 273 g/mol. The van der Waals surface area contributed by atoms with E-state index in [1.54, 1.807) is 0 Å². The number of halogens is 2. The maximum atomic E-state index is 14.4. The van der Waals surface area contributed by atoms with Crippen molar-refractivity contribution < 1.29 is 9.18 Å². The Labute approximate surface area is 113 Å². The Kier molecular flexibility index (Phi) is 2.60. The summed E-state index contributed by atoms with van der Waals surface area (Å²) in [6, 6.07) is 1.24. The highest BCUT2D eigenvalue weighted by Gasteiger charge is 2.51. The molecule has 2 unspecified atom stereocenters. The number of nitrogens with two attached hydrogens (primary N) is 1. The van der Waals surface area contributed by atoms with Crippen LogP contribution in [0.3, 0.4) is 0 Å². The maximum Gasteiger partial charge on any atom is 0.276 e. The number of alkyl halides is 1. The van der Waals surface area contributed by atoms with Crippen molar-refractivity contribution in [2.75, 3.05) is 5.73 Å². The number of aromatic nitrogens is 1. The van der Waals surface area contributed by atoms with E-state index >= 15 is 0 Å². The fraction of sp³-hybridized carbons (Fsp3) is 0.500. The lowest BCUT2D eigenvalue weighted by Crippen LogP contribution is -2.55. The fourth-order valence-electron chi connectivity index (χ4n) is 3.01. The van der Waals surface area contributed by atoms with Crippen molar-refractivity contribution >= 4 is 23.2 Å². The van der Waals surface area contributed by atoms with Crippen molar-refractivity contribution in [3.05, 3.63) is 27.1 Å². The van der Waals surface area contributed by atoms with Crippen LogP contribution >= 0.6 is 11.6 Å². The summed E-state index contributed by atoms with van der Waals surface area (Å²) in [5, 5.41) is 2.68. The molecule has 7 heteroatoms. The Hall–Kier alpha value is -1.56. The number of rotatable bonds is 0. The number of amides is 1. The minimum Gasteiger partial charge on any atom is -0.394 e. The second-order valence-corrected chi connectivity index (χ2v) is 5.44. The van der Waals surface area contributed by atoms with E-state index in [0.29, 0.717) is 12.8 Å². The van der Waals surface area contributed by atoms with Gasteiger partial charge in [-0.05, 0) is 25.3 Å². The van der Waals surface area contributed by atoms with Gasteiger partial charge in [-0.3, -0.25) is 14.2 Å². The number of hydrogen-bond donors (Lipinski definition) is 2. The molecule has 1 aliphatic heterocycles. The minimum absolute atomic E-state index is 0.00502. The van der Waals surface area contributed by atoms with Gasteiger partial charge in [0.05, 0.1) is 10.7 Å². The molecule has 2 atom stereocenters. The number of hydrogen-bond acceptors (Lipinski definition) is 3. The number of nitrogens with zero attached hydrogens (tertiary/aromatic N) is 1. The van der Waals surface area contributed by atoms with Gasteiger partial charge >= 0.3 is 0 Å². The summed E-state index contributed by atoms with van der Waals surface area (Å²) in [5.74, 6) is -0.522. The van der Waals surface area contributed by atoms with Crippen LogP contribution in [0.1, 0.15) is 36.2 Å². The predicted octanol–water partition coefficient (Wildman–Crippen LogP) is 1.39. The Morgan fingerprint density at radius 3 is 2.89 bits per heavy atom. The van der Waals surface area contributed by atoms with Crippen LogP contribution in [0.15, 0.2) is 10.9 Å². The molecule has 0 saturated heterocycles. The lowest BCUT2D eigenvalue weighted by atomic mass is 9.87. The normalized spacial score (nSPS) is 29.4. The van der Waals surface area contributed by atoms with Crippen molar-refractivity contribution in [3.63, 3.8) is 0 Å². The van der Waals surface area contributed by atoms with E-state index in [0.717, 1.165) is 17.4 Å². The summed E-state index contributed by atoms with van der Waals surface area (Å²) in [6.45, 7) is 0. The summed E-state index contributed by atoms with van der Waals surface area (Å²) in [4.78, 5) is 24.2. The van der Waals surface area contributed by atoms with Crippen LogP contribution in [0.4, 0.5) is 10.1 Å². The van der Waals surface area contributed by atoms with E-state index in [4.69, 9.17) is 17.3 Å². The molecule has 1 aromatic rings. The Morgan fingerprint density at radius 1 is 1.47 bits per heavy atom. The van der Waals surface area contributed by atoms with Crippen LogP contribution in [0.25, 0.3) is 0 Å². The van der Waals surface area contributed by atoms with Crippen LogP contribution in [0.5, 0.6) is 0 Å². The summed E-state index contributed by atoms with van der Waals surface area (Å²) < 4.78 is 15.5. The second-order valence-electron chi connectivity index (χ2n) is 5.03. The first kappa shape index (κ1) is 12.5. The highest BCUT2D eigenvalue weighted by molar-refractivity contribution is 6.34. The number of carbonyl (C=O) groups is 1. The van der Waals surface area contributed by atoms with Gasteiger partial charge in [-0.25, -0.2) is 4.39 Å². The maximum absolute atomic E-state index is 14.4. The molecule has 1 aromatic heterocycles. The van der Waals surface area contributed by atoms with E-state index in [9.17, 15) is 14.0 Å². The van der Waals surface area contributed by atoms with E-state index in [2.05, 4.69) is 5.32 Å². The minimum atomic E-state index is -1.32. The lowest BCUT2D eigenvalue weighted by Gasteiger charge is -2.38. The third-order valence-corrected chi connectivity index (χ3v) is 4.20. The molecule has 5 nitrogen and oxygen atoms in total. The average molecular weight is 286 g/mol. The first-order valence-corrected chi connectivity index (χ1v) is 6.53. The van der Waals surface area contributed by atoms with E-state index in [-0.39, 0.29) is 16.4 Å². The van der Waals surface area contributed by atoms with Gasteiger partial charge in [0, 0.05) is 0 Å². The molecule has 1 amide bonds. The standard InChI is InChI=1S/C12H13ClFN3O2/c13-6-5-7(15)11(19)17-9(6)10(18)16-12(17)4-2-1-3-8(12)14/h5,8H,1-4,15H2,(H,16,18). The van der Waals surface area contributed by atoms with Gasteiger partial charge in [-0.15, -0.1) is 0 Å². The van der Waals surface area contributed by atoms with Gasteiger partial charge < -0.3 is 11.1 Å². The molecule has 0 aromatic carbocycles. The SMILES string of the molecule is Nc1cc(Cl)c2n(c1=O)C1(CCCCC1F)NC2=O. The smallest absolute Gasteiger partial charge is 0.276 e. The zero-order valence-electron chi connectivity index (χ0n) is 10.1. The van der Waals surface area contributed by atoms with Crippen molar-refractivity contribution in [1.82, 2.24) is 9.88 Å². The van der Waals surface area contributed by atoms with Crippen LogP contribution in [0.2, 0.25) is 5.02 Å². The highest BCUT2D eigenvalue weighted by atomic mass is 35.5. The molecule has 1 spiro atoms. The number of anilines is 1. The first-order valence-electron chi connectivity index (χ1n) is 6.15. The van der Waals surface area contributed by atoms with E-state index in [1.807, 2.05) is 0 Å². The molecule has 2 heterocycles. The summed E-state index contributed by atoms with van der Waals surface area (Å²) >= 11 is 5.97. The van der Waals surface area contributed by atoms with Gasteiger partial charge in [-0.2, -0.15) is 0 Å². The van der Waals surface area contributed by atoms with Gasteiger partial charge in [0.15, 0.2) is 5.66 Å². The summed E-state index contributed by atoms with van der Waals surface area (Å²) in [5.41, 5.74) is 3.63. The first-order chi connectivity index (χ1) is 8.97. The fourth-order valence-corrected chi connectivity index (χ4v) is 3.30. The third-order valence-electron chi connectivity index (χ3n) is 3.91. The van der Waals surface area contributed by atoms with E-state index < -0.39 is 23.3 Å². The molecule has 3 rings (SSSR count). The monoisotopic (exact) mass is 285 g/mol. The van der Waals surface area contributed by atoms with Crippen molar-refractivity contribution in [1.29, 1.82) is 0 Å². The Bertz CT molecular complexity index is 630. The average Bonchev–Trinajstić information content (AvgIpc) is 2.65. The lowest BCUT2D eigenvalue weighted by molar-refractivity contribution is 0.0432. The quantitative estimate of drug-likeness (QED) is 0.756. The number of nitrogens with one attached hydrogen (secondary N) is 1. The molecule has 0 bridgehead atoms. The summed E-state index contributed by atoms with van der Waals surface area (Å²) in [7, 11) is 0. The summed E-state index contributed by atoms with van der Waals surface area (Å²) in [6.07, 6.45) is 0.824. The molecular formula is C12H13ClFN3O2. The number of pyridine rings is 1. The molecule has 2 aliphatic rings. The van der Waals surface area contributed by atoms with Crippen molar-refractivity contribution in [3.8, 4) is 0 Å². The van der Waals surface area contributed by atoms with Gasteiger partial charge in [0.2, 0.25) is 0 Å². The third kappa shape index (κ3) is 1.52. The molecule has 0 radical (unpaired) electrons. The second kappa shape index (κ2) is 3.96. The van der Waals surface area contributed by atoms with Gasteiger partial charge in [0.1, 0.15) is 11.9 Å². The number of fused-ring (bicyclic) bond motifs is 2. The number of nitrogen functional groups attached to an aromatic ring is 1. The largest absolute Gasteiger partial charge is 0.394 e. The highest BCUT2D eigenvalue weighted by Crippen LogP contribution is 2.40. The number of carbonyl (C=O) groups excluding carboxylic acids is 1. The van der Waals surface area contributed by atoms with Crippen LogP contribution in [-0.4, -0.2) is 16.6 Å². The zero-order valence-corrected chi connectivity index (χ0v) is 10.8. The molecule has 102 valence electrons. The predicted molar refractivity (Wildman–Crippen MR) is 68.9 cm³/mol. The molecule has 1 aliphatic carbocycles. The molecule has 19 heavy (non-hydrogen) atoms. The molecule has 1 fully saturated rings. The molecule has 1 saturated carbocycles. The van der Waals surface area contributed by atoms with Crippen LogP contribution < -0.4 is 16.6 Å². The van der Waals surface area contributed by atoms with Gasteiger partial charge in [0.25, 0.3) is 11.5 Å². The topological polar surface area (TPSA) is 77.1 Å². The Balaban J connectivity index is 2.32. The molecule has 3 N–H and O–H groups in total. The Morgan fingerprint density at radius 2 is 2.21 bits per heavy atom. The van der Waals surface area contributed by atoms with Crippen LogP contribution in [0, 0.1) is 0 Å². The zero-order chi connectivity index (χ0) is 13.8. The van der Waals surface area contributed by atoms with E-state index in [1.165, 1.54) is 6.07 Å². The van der Waals surface area contributed by atoms with Crippen molar-refractivity contribution in [2.24, 2.45) is 0 Å². The van der Waals surface area contributed by atoms with Gasteiger partial charge in [-0.1, -0.05) is 18.0 Å². The van der Waals surface area contributed by atoms with Crippen LogP contribution in [-0.2, 0) is 5.66 Å². The van der Waals surface area contributed by atoms with Crippen molar-refractivity contribution in [2.45, 2.75) is 37.5 Å².